The second-order valence-electron chi connectivity index (χ2n) is 6.03. The van der Waals surface area contributed by atoms with Crippen LogP contribution in [0.5, 0.6) is 5.75 Å². The summed E-state index contributed by atoms with van der Waals surface area (Å²) in [5, 5.41) is 6.25. The Morgan fingerprint density at radius 1 is 1.23 bits per heavy atom. The predicted molar refractivity (Wildman–Crippen MR) is 106 cm³/mol. The molecule has 5 nitrogen and oxygen atoms in total. The molecule has 0 unspecified atom stereocenters. The average Bonchev–Trinajstić information content (AvgIpc) is 3.31. The molecule has 0 spiro atoms. The summed E-state index contributed by atoms with van der Waals surface area (Å²) in [6.45, 7) is 2.79. The summed E-state index contributed by atoms with van der Waals surface area (Å²) in [6.07, 6.45) is 4.98. The lowest BCUT2D eigenvalue weighted by molar-refractivity contribution is 0.406. The van der Waals surface area contributed by atoms with Crippen LogP contribution in [0, 0.1) is 6.92 Å². The minimum Gasteiger partial charge on any atom is -0.497 e. The Balaban J connectivity index is 1.87. The monoisotopic (exact) mass is 369 g/mol. The largest absolute Gasteiger partial charge is 0.497 e. The van der Waals surface area contributed by atoms with Gasteiger partial charge in [0.15, 0.2) is 0 Å². The Kier molecular flexibility index (Phi) is 6.20. The summed E-state index contributed by atoms with van der Waals surface area (Å²) in [4.78, 5) is 5.83. The molecule has 6 heteroatoms. The van der Waals surface area contributed by atoms with Gasteiger partial charge in [-0.2, -0.15) is 4.98 Å². The Morgan fingerprint density at radius 3 is 2.69 bits per heavy atom. The number of unbranched alkanes of at least 4 members (excludes halogenated alkanes) is 1. The zero-order valence-electron chi connectivity index (χ0n) is 15.1. The van der Waals surface area contributed by atoms with Crippen LogP contribution in [-0.4, -0.2) is 23.8 Å². The first-order chi connectivity index (χ1) is 12.7. The number of aryl methyl sites for hydroxylation is 1. The molecule has 136 valence electrons. The maximum Gasteiger partial charge on any atom is 0.254 e. The maximum atomic E-state index is 5.64. The molecule has 0 bridgehead atoms. The van der Waals surface area contributed by atoms with Crippen LogP contribution in [0.1, 0.15) is 35.6 Å². The number of benzene rings is 1. The fourth-order valence-electron chi connectivity index (χ4n) is 2.60. The van der Waals surface area contributed by atoms with Crippen molar-refractivity contribution in [1.29, 1.82) is 0 Å². The first-order valence-electron chi connectivity index (χ1n) is 8.64. The van der Waals surface area contributed by atoms with Gasteiger partial charge in [-0.05, 0) is 80.1 Å². The normalized spacial score (nSPS) is 11.7. The average molecular weight is 369 g/mol. The SMILES string of the molecule is COc1ccc(-c2noc(/C(=C/c3sccc3C)CCCCN)n2)cc1. The van der Waals surface area contributed by atoms with E-state index < -0.39 is 0 Å². The molecule has 0 saturated heterocycles. The van der Waals surface area contributed by atoms with E-state index >= 15 is 0 Å². The first-order valence-corrected chi connectivity index (χ1v) is 9.52. The van der Waals surface area contributed by atoms with Crippen molar-refractivity contribution in [3.05, 3.63) is 52.0 Å². The van der Waals surface area contributed by atoms with E-state index in [1.807, 2.05) is 24.3 Å². The number of methoxy groups -OCH3 is 1. The van der Waals surface area contributed by atoms with E-state index in [-0.39, 0.29) is 0 Å². The molecule has 0 atom stereocenters. The van der Waals surface area contributed by atoms with Crippen molar-refractivity contribution in [2.24, 2.45) is 5.73 Å². The summed E-state index contributed by atoms with van der Waals surface area (Å²) in [5.41, 5.74) is 8.84. The molecule has 0 radical (unpaired) electrons. The highest BCUT2D eigenvalue weighted by molar-refractivity contribution is 7.11. The maximum absolute atomic E-state index is 5.64. The lowest BCUT2D eigenvalue weighted by Gasteiger charge is -2.03. The van der Waals surface area contributed by atoms with E-state index in [1.165, 1.54) is 10.4 Å². The highest BCUT2D eigenvalue weighted by Gasteiger charge is 2.14. The van der Waals surface area contributed by atoms with Gasteiger partial charge in [0.05, 0.1) is 7.11 Å². The molecule has 0 saturated carbocycles. The van der Waals surface area contributed by atoms with Gasteiger partial charge in [-0.3, -0.25) is 0 Å². The number of hydrogen-bond donors (Lipinski definition) is 1. The highest BCUT2D eigenvalue weighted by atomic mass is 32.1. The van der Waals surface area contributed by atoms with Crippen molar-refractivity contribution in [3.63, 3.8) is 0 Å². The molecule has 26 heavy (non-hydrogen) atoms. The van der Waals surface area contributed by atoms with Gasteiger partial charge in [0.2, 0.25) is 5.82 Å². The van der Waals surface area contributed by atoms with E-state index in [1.54, 1.807) is 18.4 Å². The summed E-state index contributed by atoms with van der Waals surface area (Å²) >= 11 is 1.71. The zero-order chi connectivity index (χ0) is 18.4. The molecule has 1 aromatic carbocycles. The van der Waals surface area contributed by atoms with E-state index in [4.69, 9.17) is 15.0 Å². The van der Waals surface area contributed by atoms with Crippen LogP contribution in [0.15, 0.2) is 40.2 Å². The molecule has 0 aliphatic rings. The quantitative estimate of drug-likeness (QED) is 0.578. The number of nitrogens with two attached hydrogens (primary N) is 1. The molecule has 0 aliphatic carbocycles. The third-order valence-corrected chi connectivity index (χ3v) is 5.12. The highest BCUT2D eigenvalue weighted by Crippen LogP contribution is 2.28. The van der Waals surface area contributed by atoms with Gasteiger partial charge in [-0.15, -0.1) is 11.3 Å². The molecule has 2 N–H and O–H groups in total. The number of allylic oxidation sites excluding steroid dienone is 1. The topological polar surface area (TPSA) is 74.2 Å². The van der Waals surface area contributed by atoms with Crippen LogP contribution in [0.2, 0.25) is 0 Å². The van der Waals surface area contributed by atoms with Crippen molar-refractivity contribution in [2.75, 3.05) is 13.7 Å². The van der Waals surface area contributed by atoms with Crippen LogP contribution >= 0.6 is 11.3 Å². The molecule has 3 aromatic rings. The Morgan fingerprint density at radius 2 is 2.04 bits per heavy atom. The zero-order valence-corrected chi connectivity index (χ0v) is 15.9. The summed E-state index contributed by atoms with van der Waals surface area (Å²) < 4.78 is 10.8. The molecule has 2 aromatic heterocycles. The number of ether oxygens (including phenoxy) is 1. The summed E-state index contributed by atoms with van der Waals surface area (Å²) in [5.74, 6) is 1.95. The van der Waals surface area contributed by atoms with Crippen molar-refractivity contribution in [1.82, 2.24) is 10.1 Å². The van der Waals surface area contributed by atoms with E-state index in [2.05, 4.69) is 34.6 Å². The lowest BCUT2D eigenvalue weighted by Crippen LogP contribution is -1.98. The Hall–Kier alpha value is -2.44. The second-order valence-corrected chi connectivity index (χ2v) is 6.98. The number of aromatic nitrogens is 2. The molecule has 0 aliphatic heterocycles. The smallest absolute Gasteiger partial charge is 0.254 e. The van der Waals surface area contributed by atoms with Crippen molar-refractivity contribution in [2.45, 2.75) is 26.2 Å². The fraction of sp³-hybridized carbons (Fsp3) is 0.300. The molecule has 0 amide bonds. The first kappa shape index (κ1) is 18.4. The van der Waals surface area contributed by atoms with E-state index in [0.717, 1.165) is 36.1 Å². The van der Waals surface area contributed by atoms with Crippen LogP contribution in [0.4, 0.5) is 0 Å². The van der Waals surface area contributed by atoms with Gasteiger partial charge in [0.25, 0.3) is 5.89 Å². The van der Waals surface area contributed by atoms with Gasteiger partial charge >= 0.3 is 0 Å². The fourth-order valence-corrected chi connectivity index (χ4v) is 3.49. The van der Waals surface area contributed by atoms with E-state index in [9.17, 15) is 0 Å². The van der Waals surface area contributed by atoms with Gasteiger partial charge < -0.3 is 15.0 Å². The number of hydrogen-bond acceptors (Lipinski definition) is 6. The summed E-state index contributed by atoms with van der Waals surface area (Å²) in [6, 6.07) is 9.74. The van der Waals surface area contributed by atoms with Crippen LogP contribution in [0.3, 0.4) is 0 Å². The van der Waals surface area contributed by atoms with Crippen LogP contribution in [-0.2, 0) is 0 Å². The molecular formula is C20H23N3O2S. The molecule has 2 heterocycles. The molecular weight excluding hydrogens is 346 g/mol. The predicted octanol–water partition coefficient (Wildman–Crippen LogP) is 4.78. The number of thiophene rings is 1. The number of nitrogens with zero attached hydrogens (tertiary/aromatic N) is 2. The lowest BCUT2D eigenvalue weighted by atomic mass is 10.1. The Labute approximate surface area is 157 Å². The summed E-state index contributed by atoms with van der Waals surface area (Å²) in [7, 11) is 1.65. The second kappa shape index (κ2) is 8.78. The van der Waals surface area contributed by atoms with Gasteiger partial charge in [0, 0.05) is 16.0 Å². The third kappa shape index (κ3) is 4.39. The molecule has 0 fully saturated rings. The van der Waals surface area contributed by atoms with Gasteiger partial charge in [0.1, 0.15) is 5.75 Å². The third-order valence-electron chi connectivity index (χ3n) is 4.16. The van der Waals surface area contributed by atoms with Crippen molar-refractivity contribution < 1.29 is 9.26 Å². The standard InChI is InChI=1S/C20H23N3O2S/c1-14-10-12-26-18(14)13-16(5-3-4-11-21)20-22-19(23-25-20)15-6-8-17(24-2)9-7-15/h6-10,12-13H,3-5,11,21H2,1-2H3/b16-13+. The van der Waals surface area contributed by atoms with Crippen LogP contribution < -0.4 is 10.5 Å². The van der Waals surface area contributed by atoms with Crippen molar-refractivity contribution >= 4 is 23.0 Å². The Bertz CT molecular complexity index is 865. The van der Waals surface area contributed by atoms with Gasteiger partial charge in [-0.25, -0.2) is 0 Å². The number of rotatable bonds is 8. The minimum absolute atomic E-state index is 0.570. The van der Waals surface area contributed by atoms with Crippen LogP contribution in [0.25, 0.3) is 23.0 Å². The molecule has 3 rings (SSSR count). The van der Waals surface area contributed by atoms with Crippen molar-refractivity contribution in [3.8, 4) is 17.1 Å². The van der Waals surface area contributed by atoms with Gasteiger partial charge in [-0.1, -0.05) is 5.16 Å². The minimum atomic E-state index is 0.570. The van der Waals surface area contributed by atoms with E-state index in [0.29, 0.717) is 18.3 Å².